The van der Waals surface area contributed by atoms with Gasteiger partial charge in [-0.05, 0) is 58.2 Å². The van der Waals surface area contributed by atoms with E-state index in [2.05, 4.69) is 68.6 Å². The standard InChI is InChI=1S/C19H14O4S.12H2/c1-3-4-5-6-7-8-9-10-11-12-15-23-19(21)14-17-24-16-13-18(20)22-2;;;;;;;;;;;;/h15H,1,13-14,16-17H2,2H3;12*1H. The van der Waals surface area contributed by atoms with Gasteiger partial charge >= 0.3 is 11.9 Å². The summed E-state index contributed by atoms with van der Waals surface area (Å²) < 4.78 is 9.28. The summed E-state index contributed by atoms with van der Waals surface area (Å²) in [5, 5.41) is 0. The summed E-state index contributed by atoms with van der Waals surface area (Å²) in [5.41, 5.74) is 24.5. The first kappa shape index (κ1) is 20.8. The number of esters is 2. The third-order valence-electron chi connectivity index (χ3n) is 1.98. The zero-order valence-electron chi connectivity index (χ0n) is 13.2. The fraction of sp³-hybridized carbons (Fsp3) is 0.263. The zero-order chi connectivity index (χ0) is 17.9. The van der Waals surface area contributed by atoms with Gasteiger partial charge in [-0.25, -0.2) is 0 Å². The van der Waals surface area contributed by atoms with Gasteiger partial charge in [0.2, 0.25) is 0 Å². The molecule has 0 saturated carbocycles. The summed E-state index contributed by atoms with van der Waals surface area (Å²) in [6.07, 6.45) is 1.63. The fourth-order valence-corrected chi connectivity index (χ4v) is 1.79. The Balaban J connectivity index is -0.0000000401. The molecule has 0 N–H and O–H groups in total. The van der Waals surface area contributed by atoms with E-state index in [0.717, 1.165) is 6.26 Å². The van der Waals surface area contributed by atoms with Gasteiger partial charge < -0.3 is 9.47 Å². The van der Waals surface area contributed by atoms with Crippen molar-refractivity contribution in [1.29, 1.82) is 0 Å². The average Bonchev–Trinajstić information content (AvgIpc) is 2.59. The van der Waals surface area contributed by atoms with E-state index in [1.54, 1.807) is 0 Å². The topological polar surface area (TPSA) is 52.6 Å². The highest BCUT2D eigenvalue weighted by atomic mass is 32.2. The lowest BCUT2D eigenvalue weighted by Gasteiger charge is -1.99. The lowest BCUT2D eigenvalue weighted by Crippen LogP contribution is -2.03. The molecule has 24 heavy (non-hydrogen) atoms. The molecule has 0 aromatic heterocycles. The zero-order valence-corrected chi connectivity index (χ0v) is 14.0. The lowest BCUT2D eigenvalue weighted by atomic mass is 10.5. The van der Waals surface area contributed by atoms with Gasteiger partial charge in [-0.15, -0.1) is 0 Å². The molecule has 0 heterocycles. The second-order valence-corrected chi connectivity index (χ2v) is 4.84. The fourth-order valence-electron chi connectivity index (χ4n) is 0.966. The van der Waals surface area contributed by atoms with E-state index in [4.69, 9.17) is 4.74 Å². The molecule has 0 amide bonds. The van der Waals surface area contributed by atoms with Crippen LogP contribution in [0, 0.1) is 0 Å². The van der Waals surface area contributed by atoms with Gasteiger partial charge in [0, 0.05) is 28.6 Å². The van der Waals surface area contributed by atoms with Crippen LogP contribution in [0.4, 0.5) is 0 Å². The van der Waals surface area contributed by atoms with Gasteiger partial charge in [-0.2, -0.15) is 11.8 Å². The van der Waals surface area contributed by atoms with Crippen molar-refractivity contribution < 1.29 is 36.2 Å². The normalized spacial score (nSPS) is 7.04. The van der Waals surface area contributed by atoms with Gasteiger partial charge in [0.25, 0.3) is 0 Å². The molecule has 0 rings (SSSR count). The van der Waals surface area contributed by atoms with Crippen LogP contribution in [0.3, 0.4) is 0 Å². The molecular formula is C19H38O4S. The van der Waals surface area contributed by atoms with Crippen molar-refractivity contribution in [1.82, 2.24) is 0 Å². The number of methoxy groups -OCH3 is 1. The first-order valence-electron chi connectivity index (χ1n) is 6.64. The second-order valence-electron chi connectivity index (χ2n) is 3.62. The molecule has 4 nitrogen and oxygen atoms in total. The van der Waals surface area contributed by atoms with E-state index >= 15 is 0 Å². The van der Waals surface area contributed by atoms with Crippen LogP contribution in [0.5, 0.6) is 0 Å². The van der Waals surface area contributed by atoms with Crippen LogP contribution in [-0.2, 0) is 19.1 Å². The van der Waals surface area contributed by atoms with Crippen molar-refractivity contribution in [3.05, 3.63) is 70.2 Å². The molecule has 0 bridgehead atoms. The van der Waals surface area contributed by atoms with E-state index in [0.29, 0.717) is 17.9 Å². The smallest absolute Gasteiger partial charge is 0.312 e. The molecule has 0 aliphatic carbocycles. The van der Waals surface area contributed by atoms with Crippen molar-refractivity contribution in [2.45, 2.75) is 12.8 Å². The van der Waals surface area contributed by atoms with Gasteiger partial charge in [0.05, 0.1) is 20.0 Å². The van der Waals surface area contributed by atoms with Gasteiger partial charge in [-0.3, -0.25) is 9.59 Å². The monoisotopic (exact) mass is 362 g/mol. The Kier molecular flexibility index (Phi) is 14.1. The third-order valence-corrected chi connectivity index (χ3v) is 2.96. The van der Waals surface area contributed by atoms with Crippen LogP contribution in [0.25, 0.3) is 0 Å². The van der Waals surface area contributed by atoms with Crippen molar-refractivity contribution >= 4 is 23.7 Å². The SMILES string of the molecule is C=C=C=C=C=C=C=C=C=C=C=COC(=O)CCSCCC(=O)OC.[HH].[HH].[HH].[HH].[HH].[HH].[HH].[HH].[HH].[HH].[HH].[HH]. The number of hydrogen-bond acceptors (Lipinski definition) is 5. The Labute approximate surface area is 162 Å². The minimum absolute atomic E-state index is 0. The van der Waals surface area contributed by atoms with E-state index in [1.165, 1.54) is 18.9 Å². The Bertz CT molecular complexity index is 853. The first-order valence-corrected chi connectivity index (χ1v) is 7.79. The average molecular weight is 363 g/mol. The van der Waals surface area contributed by atoms with Gasteiger partial charge in [0.15, 0.2) is 0 Å². The minimum atomic E-state index is -0.399. The molecule has 0 aromatic rings. The maximum Gasteiger partial charge on any atom is 0.312 e. The Hall–Kier alpha value is -3.17. The Morgan fingerprint density at radius 3 is 2.08 bits per heavy atom. The molecule has 0 saturated heterocycles. The number of rotatable bonds is 7. The first-order chi connectivity index (χ1) is 11.7. The Morgan fingerprint density at radius 1 is 0.958 bits per heavy atom. The van der Waals surface area contributed by atoms with Crippen molar-refractivity contribution in [2.24, 2.45) is 0 Å². The summed E-state index contributed by atoms with van der Waals surface area (Å²) in [7, 11) is 1.34. The van der Waals surface area contributed by atoms with Crippen molar-refractivity contribution in [3.63, 3.8) is 0 Å². The second kappa shape index (κ2) is 16.2. The number of ether oxygens (including phenoxy) is 2. The number of thioether (sulfide) groups is 1. The maximum absolute atomic E-state index is 11.3. The molecule has 0 unspecified atom stereocenters. The van der Waals surface area contributed by atoms with Crippen LogP contribution in [-0.4, -0.2) is 30.6 Å². The van der Waals surface area contributed by atoms with E-state index in [-0.39, 0.29) is 29.5 Å². The third kappa shape index (κ3) is 15.2. The summed E-state index contributed by atoms with van der Waals surface area (Å²) >= 11 is 1.47. The number of carbonyl (C=O) groups is 2. The van der Waals surface area contributed by atoms with Crippen molar-refractivity contribution in [3.8, 4) is 0 Å². The molecule has 0 aliphatic heterocycles. The van der Waals surface area contributed by atoms with E-state index in [1.807, 2.05) is 0 Å². The highest BCUT2D eigenvalue weighted by Crippen LogP contribution is 2.05. The predicted octanol–water partition coefficient (Wildman–Crippen LogP) is 5.86. The molecule has 0 radical (unpaired) electrons. The summed E-state index contributed by atoms with van der Waals surface area (Å²) in [5.74, 6) is 0.501. The highest BCUT2D eigenvalue weighted by molar-refractivity contribution is 7.99. The molecule has 144 valence electrons. The molecule has 0 aliphatic rings. The summed E-state index contributed by atoms with van der Waals surface area (Å²) in [4.78, 5) is 22.2. The highest BCUT2D eigenvalue weighted by Gasteiger charge is 2.03. The summed E-state index contributed by atoms with van der Waals surface area (Å²) in [6.45, 7) is 3.29. The summed E-state index contributed by atoms with van der Waals surface area (Å²) in [6, 6.07) is 0. The van der Waals surface area contributed by atoms with E-state index < -0.39 is 5.97 Å². The van der Waals surface area contributed by atoms with Crippen LogP contribution in [0.2, 0.25) is 0 Å². The van der Waals surface area contributed by atoms with Crippen LogP contribution < -0.4 is 0 Å². The number of carbonyl (C=O) groups excluding carboxylic acids is 2. The maximum atomic E-state index is 11.3. The minimum Gasteiger partial charge on any atom is -0.469 e. The van der Waals surface area contributed by atoms with Crippen LogP contribution >= 0.6 is 11.8 Å². The molecule has 0 atom stereocenters. The lowest BCUT2D eigenvalue weighted by molar-refractivity contribution is -0.140. The molecule has 0 spiro atoms. The molecule has 0 fully saturated rings. The van der Waals surface area contributed by atoms with Gasteiger partial charge in [0.1, 0.15) is 6.26 Å². The molecular weight excluding hydrogens is 324 g/mol. The Morgan fingerprint density at radius 2 is 1.50 bits per heavy atom. The predicted molar refractivity (Wildman–Crippen MR) is 115 cm³/mol. The van der Waals surface area contributed by atoms with E-state index in [9.17, 15) is 9.59 Å². The molecule has 5 heteroatoms. The molecule has 0 aromatic carbocycles. The van der Waals surface area contributed by atoms with Crippen LogP contribution in [0.15, 0.2) is 70.2 Å². The van der Waals surface area contributed by atoms with Crippen molar-refractivity contribution in [2.75, 3.05) is 18.6 Å². The largest absolute Gasteiger partial charge is 0.469 e. The van der Waals surface area contributed by atoms with Gasteiger partial charge in [-0.1, -0.05) is 5.73 Å². The van der Waals surface area contributed by atoms with Crippen LogP contribution in [0.1, 0.15) is 30.0 Å². The quantitative estimate of drug-likeness (QED) is 0.246. The number of hydrogen-bond donors (Lipinski definition) is 0.